The number of rotatable bonds is 3. The Kier molecular flexibility index (Phi) is 4.61. The highest BCUT2D eigenvalue weighted by Gasteiger charge is 2.19. The fraction of sp³-hybridized carbons (Fsp3) is 0. The second kappa shape index (κ2) is 7.49. The van der Waals surface area contributed by atoms with Crippen LogP contribution in [0.15, 0.2) is 70.5 Å². The average Bonchev–Trinajstić information content (AvgIpc) is 3.51. The van der Waals surface area contributed by atoms with Crippen LogP contribution in [0.5, 0.6) is 0 Å². The molecule has 0 saturated heterocycles. The van der Waals surface area contributed by atoms with Gasteiger partial charge < -0.3 is 0 Å². The molecule has 4 aromatic heterocycles. The van der Waals surface area contributed by atoms with E-state index in [9.17, 15) is 0 Å². The fourth-order valence-corrected chi connectivity index (χ4v) is 5.60. The SMILES string of the molecule is Clc1ccccc1-c1nnc2sc(-c3cc(-c4cccs4)nc4ccc(Br)cc34)nn12. The highest BCUT2D eigenvalue weighted by molar-refractivity contribution is 9.10. The predicted molar refractivity (Wildman–Crippen MR) is 131 cm³/mol. The van der Waals surface area contributed by atoms with Crippen molar-refractivity contribution >= 4 is 66.1 Å². The molecule has 150 valence electrons. The molecule has 5 nitrogen and oxygen atoms in total. The predicted octanol–water partition coefficient (Wildman–Crippen LogP) is 7.21. The van der Waals surface area contributed by atoms with E-state index in [-0.39, 0.29) is 0 Å². The maximum atomic E-state index is 6.40. The first-order valence-corrected chi connectivity index (χ1v) is 12.2. The summed E-state index contributed by atoms with van der Waals surface area (Å²) in [5, 5.41) is 18.1. The van der Waals surface area contributed by atoms with E-state index in [0.717, 1.165) is 42.1 Å². The molecule has 0 N–H and O–H groups in total. The van der Waals surface area contributed by atoms with Crippen LogP contribution in [0, 0.1) is 0 Å². The van der Waals surface area contributed by atoms with Crippen molar-refractivity contribution in [3.63, 3.8) is 0 Å². The average molecular weight is 525 g/mol. The number of aromatic nitrogens is 5. The van der Waals surface area contributed by atoms with Crippen LogP contribution in [-0.4, -0.2) is 24.8 Å². The molecule has 6 rings (SSSR count). The van der Waals surface area contributed by atoms with Gasteiger partial charge >= 0.3 is 0 Å². The van der Waals surface area contributed by atoms with Crippen LogP contribution in [0.4, 0.5) is 0 Å². The Hall–Kier alpha value is -2.65. The molecule has 0 bridgehead atoms. The van der Waals surface area contributed by atoms with Gasteiger partial charge in [0.25, 0.3) is 0 Å². The van der Waals surface area contributed by atoms with Crippen molar-refractivity contribution in [1.29, 1.82) is 0 Å². The summed E-state index contributed by atoms with van der Waals surface area (Å²) in [4.78, 5) is 6.70. The van der Waals surface area contributed by atoms with Crippen molar-refractivity contribution in [2.75, 3.05) is 0 Å². The number of hydrogen-bond donors (Lipinski definition) is 0. The van der Waals surface area contributed by atoms with Gasteiger partial charge in [0.05, 0.1) is 21.1 Å². The quantitative estimate of drug-likeness (QED) is 0.245. The van der Waals surface area contributed by atoms with E-state index < -0.39 is 0 Å². The van der Waals surface area contributed by atoms with Gasteiger partial charge in [0.1, 0.15) is 5.01 Å². The summed E-state index contributed by atoms with van der Waals surface area (Å²) in [6.45, 7) is 0. The van der Waals surface area contributed by atoms with Crippen LogP contribution in [0.1, 0.15) is 0 Å². The molecule has 0 fully saturated rings. The zero-order valence-electron chi connectivity index (χ0n) is 15.7. The smallest absolute Gasteiger partial charge is 0.235 e. The topological polar surface area (TPSA) is 56.0 Å². The van der Waals surface area contributed by atoms with Crippen molar-refractivity contribution in [2.45, 2.75) is 0 Å². The van der Waals surface area contributed by atoms with Crippen molar-refractivity contribution < 1.29 is 0 Å². The lowest BCUT2D eigenvalue weighted by Crippen LogP contribution is -1.93. The molecule has 2 aromatic carbocycles. The third-order valence-corrected chi connectivity index (χ3v) is 7.53. The Balaban J connectivity index is 1.60. The third-order valence-electron chi connectivity index (χ3n) is 4.88. The van der Waals surface area contributed by atoms with Crippen LogP contribution in [-0.2, 0) is 0 Å². The van der Waals surface area contributed by atoms with Crippen LogP contribution in [0.3, 0.4) is 0 Å². The molecule has 6 aromatic rings. The molecule has 9 heteroatoms. The number of fused-ring (bicyclic) bond motifs is 2. The first-order valence-electron chi connectivity index (χ1n) is 9.29. The maximum absolute atomic E-state index is 6.40. The Morgan fingerprint density at radius 1 is 0.935 bits per heavy atom. The molecule has 0 amide bonds. The summed E-state index contributed by atoms with van der Waals surface area (Å²) in [7, 11) is 0. The Morgan fingerprint density at radius 3 is 2.68 bits per heavy atom. The highest BCUT2D eigenvalue weighted by Crippen LogP contribution is 2.37. The molecule has 0 aliphatic heterocycles. The molecule has 0 spiro atoms. The summed E-state index contributed by atoms with van der Waals surface area (Å²) in [5.74, 6) is 0.626. The van der Waals surface area contributed by atoms with E-state index in [4.69, 9.17) is 21.7 Å². The Morgan fingerprint density at radius 2 is 1.84 bits per heavy atom. The van der Waals surface area contributed by atoms with E-state index in [2.05, 4.69) is 49.7 Å². The third kappa shape index (κ3) is 3.27. The zero-order chi connectivity index (χ0) is 20.9. The summed E-state index contributed by atoms with van der Waals surface area (Å²) >= 11 is 13.1. The first kappa shape index (κ1) is 19.1. The molecule has 0 aliphatic carbocycles. The molecular weight excluding hydrogens is 514 g/mol. The molecule has 0 atom stereocenters. The molecular formula is C22H11BrClN5S2. The number of thiophene rings is 1. The van der Waals surface area contributed by atoms with Crippen LogP contribution >= 0.6 is 50.2 Å². The molecule has 31 heavy (non-hydrogen) atoms. The van der Waals surface area contributed by atoms with E-state index in [1.54, 1.807) is 15.9 Å². The first-order chi connectivity index (χ1) is 15.2. The second-order valence-corrected chi connectivity index (χ2v) is 10.0. The Bertz CT molecular complexity index is 1570. The fourth-order valence-electron chi connectivity index (χ4n) is 3.46. The van der Waals surface area contributed by atoms with Gasteiger partial charge in [-0.3, -0.25) is 0 Å². The van der Waals surface area contributed by atoms with E-state index >= 15 is 0 Å². The monoisotopic (exact) mass is 523 g/mol. The second-order valence-electron chi connectivity index (χ2n) is 6.80. The van der Waals surface area contributed by atoms with Gasteiger partial charge in [0.2, 0.25) is 4.96 Å². The number of nitrogens with zero attached hydrogens (tertiary/aromatic N) is 5. The van der Waals surface area contributed by atoms with Gasteiger partial charge in [-0.05, 0) is 47.8 Å². The molecule has 0 unspecified atom stereocenters. The normalized spacial score (nSPS) is 11.5. The van der Waals surface area contributed by atoms with Crippen molar-refractivity contribution in [2.24, 2.45) is 0 Å². The maximum Gasteiger partial charge on any atom is 0.235 e. The molecule has 0 saturated carbocycles. The van der Waals surface area contributed by atoms with Gasteiger partial charge in [-0.1, -0.05) is 57.1 Å². The van der Waals surface area contributed by atoms with Crippen LogP contribution in [0.2, 0.25) is 5.02 Å². The minimum absolute atomic E-state index is 0.615. The Labute approximate surface area is 198 Å². The minimum atomic E-state index is 0.615. The summed E-state index contributed by atoms with van der Waals surface area (Å²) in [6, 6.07) is 19.9. The van der Waals surface area contributed by atoms with Crippen LogP contribution < -0.4 is 0 Å². The van der Waals surface area contributed by atoms with Crippen molar-refractivity contribution in [3.8, 4) is 32.5 Å². The zero-order valence-corrected chi connectivity index (χ0v) is 19.6. The molecule has 0 aliphatic rings. The van der Waals surface area contributed by atoms with Gasteiger partial charge in [0, 0.05) is 21.0 Å². The lowest BCUT2D eigenvalue weighted by Gasteiger charge is -2.07. The lowest BCUT2D eigenvalue weighted by molar-refractivity contribution is 0.971. The largest absolute Gasteiger partial charge is 0.247 e. The van der Waals surface area contributed by atoms with Crippen molar-refractivity contribution in [3.05, 3.63) is 75.5 Å². The summed E-state index contributed by atoms with van der Waals surface area (Å²) < 4.78 is 2.75. The van der Waals surface area contributed by atoms with E-state index in [1.807, 2.05) is 42.5 Å². The number of hydrogen-bond acceptors (Lipinski definition) is 6. The van der Waals surface area contributed by atoms with Crippen molar-refractivity contribution in [1.82, 2.24) is 24.8 Å². The van der Waals surface area contributed by atoms with Gasteiger partial charge in [-0.15, -0.1) is 21.5 Å². The number of halogens is 2. The summed E-state index contributed by atoms with van der Waals surface area (Å²) in [5.41, 5.74) is 3.66. The van der Waals surface area contributed by atoms with Crippen LogP contribution in [0.25, 0.3) is 48.4 Å². The molecule has 0 radical (unpaired) electrons. The standard InChI is InChI=1S/C22H11BrClN5S2/c23-12-7-8-17-14(10-12)15(11-18(25-17)19-6-3-9-30-19)21-28-29-20(26-27-22(29)31-21)13-4-1-2-5-16(13)24/h1-11H. The number of benzene rings is 2. The van der Waals surface area contributed by atoms with Gasteiger partial charge in [-0.25, -0.2) is 4.98 Å². The van der Waals surface area contributed by atoms with E-state index in [1.165, 1.54) is 11.3 Å². The lowest BCUT2D eigenvalue weighted by atomic mass is 10.1. The van der Waals surface area contributed by atoms with E-state index in [0.29, 0.717) is 15.8 Å². The van der Waals surface area contributed by atoms with Gasteiger partial charge in [0.15, 0.2) is 5.82 Å². The number of pyridine rings is 1. The minimum Gasteiger partial charge on any atom is -0.247 e. The van der Waals surface area contributed by atoms with Gasteiger partial charge in [-0.2, -0.15) is 9.61 Å². The summed E-state index contributed by atoms with van der Waals surface area (Å²) in [6.07, 6.45) is 0. The molecule has 4 heterocycles. The highest BCUT2D eigenvalue weighted by atomic mass is 79.9.